The van der Waals surface area contributed by atoms with Gasteiger partial charge in [0.1, 0.15) is 0 Å². The first-order valence-electron chi connectivity index (χ1n) is 8.04. The Morgan fingerprint density at radius 2 is 1.70 bits per heavy atom. The van der Waals surface area contributed by atoms with Crippen molar-refractivity contribution in [1.82, 2.24) is 15.1 Å². The first-order valence-corrected chi connectivity index (χ1v) is 8.04. The molecule has 2 rings (SSSR count). The molecule has 0 aromatic rings. The first-order chi connectivity index (χ1) is 9.99. The van der Waals surface area contributed by atoms with E-state index in [0.29, 0.717) is 0 Å². The molecule has 1 heterocycles. The van der Waals surface area contributed by atoms with E-state index in [1.165, 1.54) is 19.3 Å². The van der Waals surface area contributed by atoms with Crippen LogP contribution in [0.2, 0.25) is 0 Å². The fourth-order valence-corrected chi connectivity index (χ4v) is 2.78. The highest BCUT2D eigenvalue weighted by Gasteiger charge is 2.29. The smallest absolute Gasteiger partial charge is 0.242 e. The van der Waals surface area contributed by atoms with Gasteiger partial charge in [-0.05, 0) is 18.8 Å². The van der Waals surface area contributed by atoms with Crippen molar-refractivity contribution in [3.63, 3.8) is 0 Å². The lowest BCUT2D eigenvalue weighted by Gasteiger charge is -2.43. The Labute approximate surface area is 151 Å². The molecule has 0 aromatic heterocycles. The Morgan fingerprint density at radius 3 is 2.13 bits per heavy atom. The van der Waals surface area contributed by atoms with Crippen LogP contribution in [0.4, 0.5) is 0 Å². The van der Waals surface area contributed by atoms with E-state index in [0.717, 1.165) is 32.2 Å². The molecule has 2 amide bonds. The average molecular weight is 369 g/mol. The summed E-state index contributed by atoms with van der Waals surface area (Å²) in [4.78, 5) is 28.2. The summed E-state index contributed by atoms with van der Waals surface area (Å²) in [5, 5.41) is 2.65. The van der Waals surface area contributed by atoms with E-state index < -0.39 is 6.04 Å². The summed E-state index contributed by atoms with van der Waals surface area (Å²) in [7, 11) is 0. The molecule has 2 aliphatic rings. The Hall–Kier alpha value is -0.560. The maximum atomic E-state index is 12.1. The lowest BCUT2D eigenvalue weighted by atomic mass is 9.91. The minimum absolute atomic E-state index is 0. The van der Waals surface area contributed by atoms with Crippen molar-refractivity contribution < 1.29 is 9.59 Å². The van der Waals surface area contributed by atoms with Crippen molar-refractivity contribution in [3.05, 3.63) is 0 Å². The number of nitrogens with one attached hydrogen (secondary N) is 1. The third-order valence-electron chi connectivity index (χ3n) is 4.69. The van der Waals surface area contributed by atoms with Crippen LogP contribution in [0.3, 0.4) is 0 Å². The second kappa shape index (κ2) is 10.3. The van der Waals surface area contributed by atoms with E-state index in [2.05, 4.69) is 10.2 Å². The molecular formula is C15H30Cl2N4O2. The van der Waals surface area contributed by atoms with Crippen LogP contribution in [-0.2, 0) is 9.59 Å². The zero-order valence-corrected chi connectivity index (χ0v) is 15.6. The van der Waals surface area contributed by atoms with Gasteiger partial charge < -0.3 is 16.0 Å². The van der Waals surface area contributed by atoms with Gasteiger partial charge in [-0.2, -0.15) is 0 Å². The molecule has 6 nitrogen and oxygen atoms in total. The summed E-state index contributed by atoms with van der Waals surface area (Å²) in [6.45, 7) is 7.29. The minimum atomic E-state index is -0.548. The number of rotatable bonds is 5. The van der Waals surface area contributed by atoms with Gasteiger partial charge in [0.25, 0.3) is 0 Å². The number of piperazine rings is 1. The molecule has 136 valence electrons. The van der Waals surface area contributed by atoms with E-state index in [-0.39, 0.29) is 49.1 Å². The summed E-state index contributed by atoms with van der Waals surface area (Å²) in [6, 6.07) is 0.194. The van der Waals surface area contributed by atoms with Crippen molar-refractivity contribution in [3.8, 4) is 0 Å². The summed E-state index contributed by atoms with van der Waals surface area (Å²) < 4.78 is 0. The number of hydrogen-bond donors (Lipinski definition) is 2. The topological polar surface area (TPSA) is 78.7 Å². The van der Waals surface area contributed by atoms with Crippen molar-refractivity contribution in [2.45, 2.75) is 45.2 Å². The molecule has 0 radical (unpaired) electrons. The molecule has 1 aliphatic heterocycles. The molecule has 8 heteroatoms. The Bertz CT molecular complexity index is 384. The summed E-state index contributed by atoms with van der Waals surface area (Å²) in [5.41, 5.74) is 5.75. The SMILES string of the molecule is CC(C)[C@H](N)C(=O)NCC(=O)N1CCN(C2CCC2)CC1.Cl.Cl. The number of carbonyl (C=O) groups is 2. The largest absolute Gasteiger partial charge is 0.346 e. The average Bonchev–Trinajstić information content (AvgIpc) is 2.42. The molecule has 0 aromatic carbocycles. The van der Waals surface area contributed by atoms with Crippen molar-refractivity contribution >= 4 is 36.6 Å². The van der Waals surface area contributed by atoms with Gasteiger partial charge in [0.05, 0.1) is 12.6 Å². The minimum Gasteiger partial charge on any atom is -0.346 e. The normalized spacial score (nSPS) is 20.1. The maximum absolute atomic E-state index is 12.1. The molecule has 1 saturated carbocycles. The van der Waals surface area contributed by atoms with Crippen LogP contribution >= 0.6 is 24.8 Å². The molecule has 3 N–H and O–H groups in total. The molecule has 0 bridgehead atoms. The molecule has 1 saturated heterocycles. The van der Waals surface area contributed by atoms with Crippen LogP contribution in [-0.4, -0.2) is 66.4 Å². The van der Waals surface area contributed by atoms with E-state index in [4.69, 9.17) is 5.73 Å². The van der Waals surface area contributed by atoms with Gasteiger partial charge in [-0.1, -0.05) is 20.3 Å². The fourth-order valence-electron chi connectivity index (χ4n) is 2.78. The van der Waals surface area contributed by atoms with Gasteiger partial charge in [0.15, 0.2) is 0 Å². The molecule has 23 heavy (non-hydrogen) atoms. The zero-order valence-electron chi connectivity index (χ0n) is 14.0. The highest BCUT2D eigenvalue weighted by atomic mass is 35.5. The van der Waals surface area contributed by atoms with Crippen LogP contribution in [0.1, 0.15) is 33.1 Å². The predicted octanol–water partition coefficient (Wildman–Crippen LogP) is 0.626. The highest BCUT2D eigenvalue weighted by Crippen LogP contribution is 2.25. The predicted molar refractivity (Wildman–Crippen MR) is 96.1 cm³/mol. The van der Waals surface area contributed by atoms with Crippen molar-refractivity contribution in [1.29, 1.82) is 0 Å². The Kier molecular flexibility index (Phi) is 10.1. The van der Waals surface area contributed by atoms with Gasteiger partial charge in [-0.15, -0.1) is 24.8 Å². The molecule has 1 atom stereocenters. The molecular weight excluding hydrogens is 339 g/mol. The zero-order chi connectivity index (χ0) is 15.4. The van der Waals surface area contributed by atoms with Crippen LogP contribution in [0.15, 0.2) is 0 Å². The van der Waals surface area contributed by atoms with E-state index in [9.17, 15) is 9.59 Å². The van der Waals surface area contributed by atoms with Crippen LogP contribution in [0, 0.1) is 5.92 Å². The van der Waals surface area contributed by atoms with E-state index in [1.54, 1.807) is 0 Å². The Balaban J connectivity index is 0.00000242. The van der Waals surface area contributed by atoms with E-state index in [1.807, 2.05) is 18.7 Å². The highest BCUT2D eigenvalue weighted by molar-refractivity contribution is 5.87. The Morgan fingerprint density at radius 1 is 1.13 bits per heavy atom. The third kappa shape index (κ3) is 6.10. The lowest BCUT2D eigenvalue weighted by Crippen LogP contribution is -2.55. The second-order valence-corrected chi connectivity index (χ2v) is 6.49. The number of halogens is 2. The monoisotopic (exact) mass is 368 g/mol. The van der Waals surface area contributed by atoms with Gasteiger partial charge in [0, 0.05) is 32.2 Å². The van der Waals surface area contributed by atoms with Crippen LogP contribution in [0.5, 0.6) is 0 Å². The van der Waals surface area contributed by atoms with Gasteiger partial charge in [-0.3, -0.25) is 14.5 Å². The first kappa shape index (κ1) is 22.4. The van der Waals surface area contributed by atoms with Gasteiger partial charge >= 0.3 is 0 Å². The number of hydrogen-bond acceptors (Lipinski definition) is 4. The second-order valence-electron chi connectivity index (χ2n) is 6.49. The van der Waals surface area contributed by atoms with Crippen molar-refractivity contribution in [2.24, 2.45) is 11.7 Å². The molecule has 0 unspecified atom stereocenters. The molecule has 0 spiro atoms. The summed E-state index contributed by atoms with van der Waals surface area (Å²) in [5.74, 6) is -0.176. The van der Waals surface area contributed by atoms with Gasteiger partial charge in [-0.25, -0.2) is 0 Å². The maximum Gasteiger partial charge on any atom is 0.242 e. The van der Waals surface area contributed by atoms with Crippen molar-refractivity contribution in [2.75, 3.05) is 32.7 Å². The number of amides is 2. The number of nitrogens with zero attached hydrogens (tertiary/aromatic N) is 2. The quantitative estimate of drug-likeness (QED) is 0.745. The van der Waals surface area contributed by atoms with Crippen LogP contribution in [0.25, 0.3) is 0 Å². The summed E-state index contributed by atoms with van der Waals surface area (Å²) in [6.07, 6.45) is 3.94. The fraction of sp³-hybridized carbons (Fsp3) is 0.867. The van der Waals surface area contributed by atoms with Gasteiger partial charge in [0.2, 0.25) is 11.8 Å². The number of carbonyl (C=O) groups excluding carboxylic acids is 2. The standard InChI is InChI=1S/C15H28N4O2.2ClH/c1-11(2)14(16)15(21)17-10-13(20)19-8-6-18(7-9-19)12-4-3-5-12;;/h11-12,14H,3-10,16H2,1-2H3,(H,17,21);2*1H/t14-;;/m0../s1. The summed E-state index contributed by atoms with van der Waals surface area (Å²) >= 11 is 0. The molecule has 2 fully saturated rings. The van der Waals surface area contributed by atoms with Crippen LogP contribution < -0.4 is 11.1 Å². The number of nitrogens with two attached hydrogens (primary N) is 1. The van der Waals surface area contributed by atoms with E-state index >= 15 is 0 Å². The molecule has 1 aliphatic carbocycles. The lowest BCUT2D eigenvalue weighted by molar-refractivity contribution is -0.135. The third-order valence-corrected chi connectivity index (χ3v) is 4.69.